The molecule has 2 aliphatic rings. The van der Waals surface area contributed by atoms with Crippen molar-refractivity contribution < 1.29 is 14.1 Å². The summed E-state index contributed by atoms with van der Waals surface area (Å²) in [6, 6.07) is 2.19. The van der Waals surface area contributed by atoms with Crippen LogP contribution in [0.5, 0.6) is 0 Å². The summed E-state index contributed by atoms with van der Waals surface area (Å²) >= 11 is 0. The molecule has 2 saturated heterocycles. The lowest BCUT2D eigenvalue weighted by molar-refractivity contribution is 0.0305. The first-order valence-corrected chi connectivity index (χ1v) is 9.67. The van der Waals surface area contributed by atoms with Crippen LogP contribution in [0.15, 0.2) is 16.8 Å². The van der Waals surface area contributed by atoms with Gasteiger partial charge in [-0.3, -0.25) is 9.69 Å². The van der Waals surface area contributed by atoms with Crippen LogP contribution in [0.3, 0.4) is 0 Å². The van der Waals surface area contributed by atoms with Crippen molar-refractivity contribution in [3.63, 3.8) is 0 Å². The third-order valence-electron chi connectivity index (χ3n) is 5.54. The van der Waals surface area contributed by atoms with E-state index >= 15 is 0 Å². The molecular weight excluding hydrogens is 346 g/mol. The minimum Gasteiger partial charge on any atom is -0.379 e. The summed E-state index contributed by atoms with van der Waals surface area (Å²) < 4.78 is 13.0. The lowest BCUT2D eigenvalue weighted by Crippen LogP contribution is -2.39. The standard InChI is InChI=1S/C19H27N5O3/c1-14-12-20-15(2)24(14)16-3-5-23(6-4-16)19(25)18-11-17(27-21-18)13-22-7-9-26-10-8-22/h11-12,16H,3-10,13H2,1-2H3. The summed E-state index contributed by atoms with van der Waals surface area (Å²) in [5.41, 5.74) is 1.59. The third-order valence-corrected chi connectivity index (χ3v) is 5.54. The van der Waals surface area contributed by atoms with Crippen molar-refractivity contribution in [2.45, 2.75) is 39.3 Å². The first-order valence-electron chi connectivity index (χ1n) is 9.67. The van der Waals surface area contributed by atoms with Crippen LogP contribution < -0.4 is 0 Å². The fraction of sp³-hybridized carbons (Fsp3) is 0.632. The Kier molecular flexibility index (Phi) is 5.27. The number of carbonyl (C=O) groups excluding carboxylic acids is 1. The van der Waals surface area contributed by atoms with E-state index in [2.05, 4.69) is 26.5 Å². The van der Waals surface area contributed by atoms with Crippen LogP contribution in [0.25, 0.3) is 0 Å². The summed E-state index contributed by atoms with van der Waals surface area (Å²) in [4.78, 5) is 21.3. The van der Waals surface area contributed by atoms with Gasteiger partial charge in [-0.25, -0.2) is 4.98 Å². The van der Waals surface area contributed by atoms with E-state index in [9.17, 15) is 4.79 Å². The molecule has 2 aromatic heterocycles. The first-order chi connectivity index (χ1) is 13.1. The molecule has 146 valence electrons. The molecule has 8 nitrogen and oxygen atoms in total. The summed E-state index contributed by atoms with van der Waals surface area (Å²) in [7, 11) is 0. The number of rotatable bonds is 4. The van der Waals surface area contributed by atoms with Gasteiger partial charge in [0.15, 0.2) is 11.5 Å². The molecule has 0 unspecified atom stereocenters. The lowest BCUT2D eigenvalue weighted by atomic mass is 10.0. The molecule has 4 rings (SSSR count). The Morgan fingerprint density at radius 2 is 1.93 bits per heavy atom. The van der Waals surface area contributed by atoms with Crippen molar-refractivity contribution in [1.29, 1.82) is 0 Å². The number of likely N-dealkylation sites (tertiary alicyclic amines) is 1. The molecule has 0 radical (unpaired) electrons. The highest BCUT2D eigenvalue weighted by molar-refractivity contribution is 5.92. The molecule has 0 spiro atoms. The van der Waals surface area contributed by atoms with Gasteiger partial charge < -0.3 is 18.7 Å². The minimum absolute atomic E-state index is 0.0375. The molecule has 4 heterocycles. The van der Waals surface area contributed by atoms with Gasteiger partial charge in [-0.05, 0) is 26.7 Å². The van der Waals surface area contributed by atoms with Gasteiger partial charge in [0.2, 0.25) is 0 Å². The number of imidazole rings is 1. The molecular formula is C19H27N5O3. The zero-order valence-electron chi connectivity index (χ0n) is 16.1. The highest BCUT2D eigenvalue weighted by Crippen LogP contribution is 2.26. The monoisotopic (exact) mass is 373 g/mol. The molecule has 8 heteroatoms. The van der Waals surface area contributed by atoms with Crippen molar-refractivity contribution in [3.8, 4) is 0 Å². The summed E-state index contributed by atoms with van der Waals surface area (Å²) in [6.45, 7) is 9.49. The Labute approximate surface area is 159 Å². The van der Waals surface area contributed by atoms with E-state index in [1.807, 2.05) is 18.0 Å². The van der Waals surface area contributed by atoms with Gasteiger partial charge in [0.1, 0.15) is 5.82 Å². The highest BCUT2D eigenvalue weighted by Gasteiger charge is 2.28. The minimum atomic E-state index is -0.0375. The van der Waals surface area contributed by atoms with Gasteiger partial charge in [-0.15, -0.1) is 0 Å². The molecule has 0 aromatic carbocycles. The Morgan fingerprint density at radius 3 is 2.59 bits per heavy atom. The lowest BCUT2D eigenvalue weighted by Gasteiger charge is -2.33. The summed E-state index contributed by atoms with van der Waals surface area (Å²) in [6.07, 6.45) is 3.78. The molecule has 0 bridgehead atoms. The maximum atomic E-state index is 12.8. The summed E-state index contributed by atoms with van der Waals surface area (Å²) in [5.74, 6) is 1.74. The maximum Gasteiger partial charge on any atom is 0.276 e. The van der Waals surface area contributed by atoms with Gasteiger partial charge in [-0.2, -0.15) is 0 Å². The second kappa shape index (κ2) is 7.82. The largest absolute Gasteiger partial charge is 0.379 e. The maximum absolute atomic E-state index is 12.8. The smallest absolute Gasteiger partial charge is 0.276 e. The molecule has 0 saturated carbocycles. The normalized spacial score (nSPS) is 19.6. The molecule has 2 fully saturated rings. The number of morpholine rings is 1. The molecule has 27 heavy (non-hydrogen) atoms. The number of aryl methyl sites for hydroxylation is 2. The van der Waals surface area contributed by atoms with Gasteiger partial charge in [0, 0.05) is 50.2 Å². The predicted molar refractivity (Wildman–Crippen MR) is 98.5 cm³/mol. The number of hydrogen-bond acceptors (Lipinski definition) is 6. The van der Waals surface area contributed by atoms with Crippen LogP contribution in [0.1, 0.15) is 46.7 Å². The highest BCUT2D eigenvalue weighted by atomic mass is 16.5. The van der Waals surface area contributed by atoms with E-state index < -0.39 is 0 Å². The Hall–Kier alpha value is -2.19. The van der Waals surface area contributed by atoms with Crippen LogP contribution in [-0.4, -0.2) is 69.8 Å². The van der Waals surface area contributed by atoms with E-state index in [4.69, 9.17) is 9.26 Å². The fourth-order valence-electron chi connectivity index (χ4n) is 4.08. The van der Waals surface area contributed by atoms with Crippen molar-refractivity contribution in [3.05, 3.63) is 35.2 Å². The van der Waals surface area contributed by atoms with E-state index in [-0.39, 0.29) is 5.91 Å². The quantitative estimate of drug-likeness (QED) is 0.813. The number of piperidine rings is 1. The predicted octanol–water partition coefficient (Wildman–Crippen LogP) is 1.80. The molecule has 0 N–H and O–H groups in total. The number of carbonyl (C=O) groups is 1. The Morgan fingerprint density at radius 1 is 1.19 bits per heavy atom. The zero-order chi connectivity index (χ0) is 18.8. The second-order valence-corrected chi connectivity index (χ2v) is 7.41. The Balaban J connectivity index is 1.34. The van der Waals surface area contributed by atoms with Crippen LogP contribution in [-0.2, 0) is 11.3 Å². The molecule has 1 amide bonds. The fourth-order valence-corrected chi connectivity index (χ4v) is 4.08. The van der Waals surface area contributed by atoms with Gasteiger partial charge in [-0.1, -0.05) is 5.16 Å². The van der Waals surface area contributed by atoms with Crippen LogP contribution in [0, 0.1) is 13.8 Å². The van der Waals surface area contributed by atoms with Crippen LogP contribution in [0.4, 0.5) is 0 Å². The van der Waals surface area contributed by atoms with Crippen LogP contribution >= 0.6 is 0 Å². The average molecular weight is 373 g/mol. The molecule has 0 aliphatic carbocycles. The molecule has 0 atom stereocenters. The van der Waals surface area contributed by atoms with E-state index in [0.29, 0.717) is 18.3 Å². The number of ether oxygens (including phenoxy) is 1. The van der Waals surface area contributed by atoms with E-state index in [1.54, 1.807) is 6.07 Å². The number of aromatic nitrogens is 3. The second-order valence-electron chi connectivity index (χ2n) is 7.41. The van der Waals surface area contributed by atoms with E-state index in [0.717, 1.165) is 63.8 Å². The topological polar surface area (TPSA) is 76.6 Å². The number of nitrogens with zero attached hydrogens (tertiary/aromatic N) is 5. The number of hydrogen-bond donors (Lipinski definition) is 0. The van der Waals surface area contributed by atoms with E-state index in [1.165, 1.54) is 5.69 Å². The van der Waals surface area contributed by atoms with Crippen LogP contribution in [0.2, 0.25) is 0 Å². The van der Waals surface area contributed by atoms with Crippen molar-refractivity contribution in [1.82, 2.24) is 24.5 Å². The molecule has 2 aliphatic heterocycles. The Bertz CT molecular complexity index is 766. The number of amides is 1. The van der Waals surface area contributed by atoms with Crippen molar-refractivity contribution in [2.24, 2.45) is 0 Å². The van der Waals surface area contributed by atoms with Gasteiger partial charge >= 0.3 is 0 Å². The average Bonchev–Trinajstić information content (AvgIpc) is 3.29. The summed E-state index contributed by atoms with van der Waals surface area (Å²) in [5, 5.41) is 4.01. The third kappa shape index (κ3) is 3.91. The van der Waals surface area contributed by atoms with Gasteiger partial charge in [0.05, 0.1) is 19.8 Å². The molecule has 2 aromatic rings. The SMILES string of the molecule is Cc1cnc(C)n1C1CCN(C(=O)c2cc(CN3CCOCC3)on2)CC1. The first kappa shape index (κ1) is 18.2. The van der Waals surface area contributed by atoms with Crippen molar-refractivity contribution >= 4 is 5.91 Å². The van der Waals surface area contributed by atoms with Crippen molar-refractivity contribution in [2.75, 3.05) is 39.4 Å². The van der Waals surface area contributed by atoms with Gasteiger partial charge in [0.25, 0.3) is 5.91 Å². The zero-order valence-corrected chi connectivity index (χ0v) is 16.1.